The molecular formula is C23H22FN5O4. The Balaban J connectivity index is 1.63. The summed E-state index contributed by atoms with van der Waals surface area (Å²) >= 11 is 0. The molecule has 1 saturated heterocycles. The maximum atomic E-state index is 13.9. The molecule has 33 heavy (non-hydrogen) atoms. The zero-order chi connectivity index (χ0) is 23.5. The van der Waals surface area contributed by atoms with E-state index in [1.807, 2.05) is 9.80 Å². The SMILES string of the molecule is N#Cc1cccnc1N1CCN([C@H](C(=O)O)c2cn(CCC(=O)O)c3cc(F)ccc23)CC1. The molecule has 0 radical (unpaired) electrons. The average Bonchev–Trinajstić information content (AvgIpc) is 3.15. The van der Waals surface area contributed by atoms with Gasteiger partial charge in [0, 0.05) is 56.1 Å². The molecule has 4 rings (SSSR count). The molecule has 2 aromatic heterocycles. The van der Waals surface area contributed by atoms with E-state index in [9.17, 15) is 24.3 Å². The first kappa shape index (κ1) is 22.2. The Kier molecular flexibility index (Phi) is 6.24. The number of carboxylic acid groups (broad SMARTS) is 2. The maximum absolute atomic E-state index is 13.9. The molecule has 1 aliphatic heterocycles. The zero-order valence-corrected chi connectivity index (χ0v) is 17.7. The van der Waals surface area contributed by atoms with Gasteiger partial charge in [-0.1, -0.05) is 0 Å². The number of rotatable bonds is 7. The van der Waals surface area contributed by atoms with Gasteiger partial charge in [-0.3, -0.25) is 14.5 Å². The van der Waals surface area contributed by atoms with Crippen molar-refractivity contribution in [1.29, 1.82) is 5.26 Å². The molecule has 0 spiro atoms. The van der Waals surface area contributed by atoms with Gasteiger partial charge in [0.2, 0.25) is 0 Å². The number of aliphatic carboxylic acids is 2. The van der Waals surface area contributed by atoms with Crippen molar-refractivity contribution in [3.05, 3.63) is 59.7 Å². The number of hydrogen-bond donors (Lipinski definition) is 2. The van der Waals surface area contributed by atoms with Crippen molar-refractivity contribution in [2.45, 2.75) is 19.0 Å². The molecular weight excluding hydrogens is 429 g/mol. The van der Waals surface area contributed by atoms with Crippen molar-refractivity contribution in [2.24, 2.45) is 0 Å². The Morgan fingerprint density at radius 3 is 2.61 bits per heavy atom. The highest BCUT2D eigenvalue weighted by atomic mass is 19.1. The molecule has 1 fully saturated rings. The number of aryl methyl sites for hydroxylation is 1. The fourth-order valence-corrected chi connectivity index (χ4v) is 4.33. The van der Waals surface area contributed by atoms with E-state index in [4.69, 9.17) is 5.11 Å². The van der Waals surface area contributed by atoms with E-state index < -0.39 is 23.8 Å². The quantitative estimate of drug-likeness (QED) is 0.562. The summed E-state index contributed by atoms with van der Waals surface area (Å²) in [6.07, 6.45) is 3.07. The Morgan fingerprint density at radius 1 is 1.18 bits per heavy atom. The van der Waals surface area contributed by atoms with Crippen molar-refractivity contribution >= 4 is 28.7 Å². The standard InChI is InChI=1S/C23H22FN5O4/c24-16-3-4-17-18(14-29(19(17)12-16)7-5-20(30)31)21(23(32)33)27-8-10-28(11-9-27)22-15(13-25)2-1-6-26-22/h1-4,6,12,14,21H,5,7-11H2,(H,30,31)(H,32,33)/t21-/m0/s1. The summed E-state index contributed by atoms with van der Waals surface area (Å²) in [5.74, 6) is -1.94. The average molecular weight is 451 g/mol. The molecule has 0 saturated carbocycles. The fourth-order valence-electron chi connectivity index (χ4n) is 4.33. The second-order valence-corrected chi connectivity index (χ2v) is 7.83. The van der Waals surface area contributed by atoms with Crippen LogP contribution in [0.15, 0.2) is 42.7 Å². The van der Waals surface area contributed by atoms with Crippen LogP contribution in [0.5, 0.6) is 0 Å². The number of halogens is 1. The van der Waals surface area contributed by atoms with E-state index in [0.29, 0.717) is 54.0 Å². The lowest BCUT2D eigenvalue weighted by Crippen LogP contribution is -2.49. The van der Waals surface area contributed by atoms with Crippen LogP contribution >= 0.6 is 0 Å². The van der Waals surface area contributed by atoms with Crippen molar-refractivity contribution in [1.82, 2.24) is 14.5 Å². The van der Waals surface area contributed by atoms with Crippen LogP contribution in [0.25, 0.3) is 10.9 Å². The number of anilines is 1. The molecule has 1 aliphatic rings. The number of nitriles is 1. The van der Waals surface area contributed by atoms with Crippen LogP contribution in [0.2, 0.25) is 0 Å². The predicted octanol–water partition coefficient (Wildman–Crippen LogP) is 2.47. The highest BCUT2D eigenvalue weighted by molar-refractivity contribution is 5.90. The van der Waals surface area contributed by atoms with Crippen LogP contribution in [0.1, 0.15) is 23.6 Å². The van der Waals surface area contributed by atoms with Gasteiger partial charge in [-0.15, -0.1) is 0 Å². The molecule has 10 heteroatoms. The Morgan fingerprint density at radius 2 is 1.94 bits per heavy atom. The topological polar surface area (TPSA) is 123 Å². The van der Waals surface area contributed by atoms with Crippen LogP contribution in [-0.2, 0) is 16.1 Å². The van der Waals surface area contributed by atoms with Crippen molar-refractivity contribution in [3.63, 3.8) is 0 Å². The largest absolute Gasteiger partial charge is 0.481 e. The second kappa shape index (κ2) is 9.26. The van der Waals surface area contributed by atoms with Crippen LogP contribution < -0.4 is 4.90 Å². The first-order valence-corrected chi connectivity index (χ1v) is 10.5. The molecule has 1 aromatic carbocycles. The molecule has 9 nitrogen and oxygen atoms in total. The number of aromatic nitrogens is 2. The predicted molar refractivity (Wildman–Crippen MR) is 117 cm³/mol. The van der Waals surface area contributed by atoms with Gasteiger partial charge in [-0.2, -0.15) is 5.26 Å². The van der Waals surface area contributed by atoms with Crippen LogP contribution in [-0.4, -0.2) is 62.8 Å². The molecule has 3 aromatic rings. The molecule has 0 bridgehead atoms. The van der Waals surface area contributed by atoms with E-state index >= 15 is 0 Å². The lowest BCUT2D eigenvalue weighted by molar-refractivity contribution is -0.143. The number of nitrogens with zero attached hydrogens (tertiary/aromatic N) is 5. The first-order chi connectivity index (χ1) is 15.9. The molecule has 3 heterocycles. The van der Waals surface area contributed by atoms with Gasteiger partial charge in [0.05, 0.1) is 17.5 Å². The normalized spacial score (nSPS) is 15.3. The number of pyridine rings is 1. The van der Waals surface area contributed by atoms with Gasteiger partial charge in [0.1, 0.15) is 23.7 Å². The number of benzene rings is 1. The van der Waals surface area contributed by atoms with Crippen LogP contribution in [0, 0.1) is 17.1 Å². The third-order valence-electron chi connectivity index (χ3n) is 5.86. The Hall–Kier alpha value is -3.97. The summed E-state index contributed by atoms with van der Waals surface area (Å²) in [5, 5.41) is 29.1. The smallest absolute Gasteiger partial charge is 0.325 e. The second-order valence-electron chi connectivity index (χ2n) is 7.83. The van der Waals surface area contributed by atoms with Crippen molar-refractivity contribution in [2.75, 3.05) is 31.1 Å². The molecule has 2 N–H and O–H groups in total. The minimum Gasteiger partial charge on any atom is -0.481 e. The molecule has 0 amide bonds. The summed E-state index contributed by atoms with van der Waals surface area (Å²) in [6.45, 7) is 1.92. The number of piperazine rings is 1. The summed E-state index contributed by atoms with van der Waals surface area (Å²) in [7, 11) is 0. The first-order valence-electron chi connectivity index (χ1n) is 10.5. The van der Waals surface area contributed by atoms with Gasteiger partial charge < -0.3 is 19.7 Å². The fraction of sp³-hybridized carbons (Fsp3) is 0.304. The van der Waals surface area contributed by atoms with Crippen LogP contribution in [0.4, 0.5) is 10.2 Å². The molecule has 0 aliphatic carbocycles. The third-order valence-corrected chi connectivity index (χ3v) is 5.86. The highest BCUT2D eigenvalue weighted by Gasteiger charge is 2.33. The van der Waals surface area contributed by atoms with Gasteiger partial charge in [-0.05, 0) is 30.3 Å². The van der Waals surface area contributed by atoms with Gasteiger partial charge >= 0.3 is 11.9 Å². The maximum Gasteiger partial charge on any atom is 0.325 e. The number of carboxylic acids is 2. The third kappa shape index (κ3) is 4.49. The van der Waals surface area contributed by atoms with Crippen LogP contribution in [0.3, 0.4) is 0 Å². The Labute approximate surface area is 188 Å². The van der Waals surface area contributed by atoms with E-state index in [1.165, 1.54) is 18.2 Å². The molecule has 1 atom stereocenters. The summed E-state index contributed by atoms with van der Waals surface area (Å²) in [6, 6.07) is 8.64. The number of carbonyl (C=O) groups is 2. The molecule has 0 unspecified atom stereocenters. The minimum absolute atomic E-state index is 0.103. The van der Waals surface area contributed by atoms with Gasteiger partial charge in [0.25, 0.3) is 0 Å². The number of fused-ring (bicyclic) bond motifs is 1. The summed E-state index contributed by atoms with van der Waals surface area (Å²) in [5.41, 5.74) is 1.42. The monoisotopic (exact) mass is 451 g/mol. The van der Waals surface area contributed by atoms with Crippen molar-refractivity contribution in [3.8, 4) is 6.07 Å². The Bertz CT molecular complexity index is 1240. The van der Waals surface area contributed by atoms with E-state index in [2.05, 4.69) is 11.1 Å². The molecule has 170 valence electrons. The lowest BCUT2D eigenvalue weighted by Gasteiger charge is -2.38. The van der Waals surface area contributed by atoms with E-state index in [-0.39, 0.29) is 13.0 Å². The lowest BCUT2D eigenvalue weighted by atomic mass is 10.0. The van der Waals surface area contributed by atoms with Gasteiger partial charge in [-0.25, -0.2) is 9.37 Å². The zero-order valence-electron chi connectivity index (χ0n) is 17.7. The highest BCUT2D eigenvalue weighted by Crippen LogP contribution is 2.32. The van der Waals surface area contributed by atoms with E-state index in [0.717, 1.165) is 0 Å². The van der Waals surface area contributed by atoms with Crippen molar-refractivity contribution < 1.29 is 24.2 Å². The van der Waals surface area contributed by atoms with Gasteiger partial charge in [0.15, 0.2) is 0 Å². The summed E-state index contributed by atoms with van der Waals surface area (Å²) in [4.78, 5) is 31.5. The minimum atomic E-state index is -1.04. The van der Waals surface area contributed by atoms with E-state index in [1.54, 1.807) is 29.1 Å². The summed E-state index contributed by atoms with van der Waals surface area (Å²) < 4.78 is 15.5. The number of hydrogen-bond acceptors (Lipinski definition) is 6.